The summed E-state index contributed by atoms with van der Waals surface area (Å²) in [5, 5.41) is 0. The zero-order valence-corrected chi connectivity index (χ0v) is 11.7. The molecule has 2 N–H and O–H groups in total. The van der Waals surface area contributed by atoms with Crippen LogP contribution < -0.4 is 20.1 Å². The minimum absolute atomic E-state index is 0.166. The first-order valence-corrected chi connectivity index (χ1v) is 6.57. The molecule has 0 saturated carbocycles. The van der Waals surface area contributed by atoms with Crippen molar-refractivity contribution in [3.63, 3.8) is 0 Å². The van der Waals surface area contributed by atoms with Gasteiger partial charge in [-0.15, -0.1) is 0 Å². The van der Waals surface area contributed by atoms with Crippen molar-refractivity contribution in [3.8, 4) is 11.5 Å². The van der Waals surface area contributed by atoms with Gasteiger partial charge in [0.2, 0.25) is 6.79 Å². The monoisotopic (exact) mass is 270 g/mol. The van der Waals surface area contributed by atoms with Gasteiger partial charge in [-0.3, -0.25) is 0 Å². The van der Waals surface area contributed by atoms with E-state index < -0.39 is 0 Å². The summed E-state index contributed by atoms with van der Waals surface area (Å²) in [6.07, 6.45) is 0. The summed E-state index contributed by atoms with van der Waals surface area (Å²) in [4.78, 5) is 2.07. The molecule has 1 unspecified atom stereocenters. The number of nitrogens with two attached hydrogens (primary N) is 1. The Hall–Kier alpha value is -2.20. The average molecular weight is 270 g/mol. The quantitative estimate of drug-likeness (QED) is 0.931. The molecule has 1 heterocycles. The Labute approximate surface area is 118 Å². The molecule has 1 aliphatic rings. The van der Waals surface area contributed by atoms with E-state index in [1.165, 1.54) is 0 Å². The molecule has 2 aromatic carbocycles. The van der Waals surface area contributed by atoms with Gasteiger partial charge in [0.1, 0.15) is 0 Å². The van der Waals surface area contributed by atoms with Crippen LogP contribution in [0.25, 0.3) is 0 Å². The van der Waals surface area contributed by atoms with Gasteiger partial charge in [0.15, 0.2) is 11.5 Å². The van der Waals surface area contributed by atoms with Gasteiger partial charge in [-0.05, 0) is 35.4 Å². The molecule has 4 nitrogen and oxygen atoms in total. The normalized spacial score (nSPS) is 14.2. The number of fused-ring (bicyclic) bond motifs is 1. The van der Waals surface area contributed by atoms with E-state index in [1.54, 1.807) is 0 Å². The number of benzene rings is 2. The first-order valence-electron chi connectivity index (χ1n) is 6.57. The van der Waals surface area contributed by atoms with Crippen LogP contribution in [-0.2, 0) is 0 Å². The zero-order valence-electron chi connectivity index (χ0n) is 11.7. The topological polar surface area (TPSA) is 47.7 Å². The minimum atomic E-state index is -0.166. The van der Waals surface area contributed by atoms with Gasteiger partial charge >= 0.3 is 0 Å². The van der Waals surface area contributed by atoms with Crippen LogP contribution in [0.4, 0.5) is 5.69 Å². The summed E-state index contributed by atoms with van der Waals surface area (Å²) < 4.78 is 10.7. The SMILES string of the molecule is CN(C)c1ccc(C(N)c2ccc3c(c2)OCO3)cc1. The number of ether oxygens (including phenoxy) is 2. The van der Waals surface area contributed by atoms with Crippen molar-refractivity contribution in [2.45, 2.75) is 6.04 Å². The largest absolute Gasteiger partial charge is 0.454 e. The minimum Gasteiger partial charge on any atom is -0.454 e. The van der Waals surface area contributed by atoms with E-state index in [4.69, 9.17) is 15.2 Å². The lowest BCUT2D eigenvalue weighted by atomic mass is 9.99. The highest BCUT2D eigenvalue weighted by molar-refractivity contribution is 5.50. The fourth-order valence-electron chi connectivity index (χ4n) is 2.28. The van der Waals surface area contributed by atoms with Crippen molar-refractivity contribution in [2.24, 2.45) is 5.73 Å². The Morgan fingerprint density at radius 1 is 0.950 bits per heavy atom. The molecule has 1 atom stereocenters. The predicted octanol–water partition coefficient (Wildman–Crippen LogP) is 2.53. The highest BCUT2D eigenvalue weighted by atomic mass is 16.7. The molecule has 0 bridgehead atoms. The van der Waals surface area contributed by atoms with Crippen molar-refractivity contribution in [3.05, 3.63) is 53.6 Å². The van der Waals surface area contributed by atoms with Crippen LogP contribution in [0.1, 0.15) is 17.2 Å². The lowest BCUT2D eigenvalue weighted by molar-refractivity contribution is 0.174. The fourth-order valence-corrected chi connectivity index (χ4v) is 2.28. The molecule has 4 heteroatoms. The molecule has 0 radical (unpaired) electrons. The maximum absolute atomic E-state index is 6.33. The molecule has 0 aliphatic carbocycles. The molecule has 104 valence electrons. The summed E-state index contributed by atoms with van der Waals surface area (Å²) in [7, 11) is 4.04. The predicted molar refractivity (Wildman–Crippen MR) is 79.4 cm³/mol. The second-order valence-electron chi connectivity index (χ2n) is 5.08. The number of hydrogen-bond acceptors (Lipinski definition) is 4. The Morgan fingerprint density at radius 2 is 1.60 bits per heavy atom. The van der Waals surface area contributed by atoms with Crippen molar-refractivity contribution in [2.75, 3.05) is 25.8 Å². The van der Waals surface area contributed by atoms with E-state index in [1.807, 2.05) is 32.3 Å². The summed E-state index contributed by atoms with van der Waals surface area (Å²) >= 11 is 0. The van der Waals surface area contributed by atoms with E-state index >= 15 is 0 Å². The van der Waals surface area contributed by atoms with Crippen LogP contribution in [0.3, 0.4) is 0 Å². The Morgan fingerprint density at radius 3 is 2.30 bits per heavy atom. The van der Waals surface area contributed by atoms with Gasteiger partial charge in [0, 0.05) is 19.8 Å². The van der Waals surface area contributed by atoms with Crippen LogP contribution in [-0.4, -0.2) is 20.9 Å². The molecule has 0 aromatic heterocycles. The highest BCUT2D eigenvalue weighted by Gasteiger charge is 2.16. The van der Waals surface area contributed by atoms with Gasteiger partial charge in [0.25, 0.3) is 0 Å². The molecule has 2 aromatic rings. The van der Waals surface area contributed by atoms with Gasteiger partial charge in [0.05, 0.1) is 6.04 Å². The summed E-state index contributed by atoms with van der Waals surface area (Å²) in [5.74, 6) is 1.55. The number of hydrogen-bond donors (Lipinski definition) is 1. The van der Waals surface area contributed by atoms with E-state index in [9.17, 15) is 0 Å². The van der Waals surface area contributed by atoms with Crippen molar-refractivity contribution in [1.82, 2.24) is 0 Å². The average Bonchev–Trinajstić information content (AvgIpc) is 2.94. The van der Waals surface area contributed by atoms with E-state index in [-0.39, 0.29) is 12.8 Å². The number of rotatable bonds is 3. The summed E-state index contributed by atoms with van der Waals surface area (Å²) in [5.41, 5.74) is 9.58. The standard InChI is InChI=1S/C16H18N2O2/c1-18(2)13-6-3-11(4-7-13)16(17)12-5-8-14-15(9-12)20-10-19-14/h3-9,16H,10,17H2,1-2H3. The molecule has 1 aliphatic heterocycles. The van der Waals surface area contributed by atoms with Crippen LogP contribution >= 0.6 is 0 Å². The molecule has 0 spiro atoms. The third kappa shape index (κ3) is 2.30. The maximum Gasteiger partial charge on any atom is 0.231 e. The summed E-state index contributed by atoms with van der Waals surface area (Å²) in [6, 6.07) is 13.9. The molecule has 3 rings (SSSR count). The van der Waals surface area contributed by atoms with Gasteiger partial charge in [-0.1, -0.05) is 18.2 Å². The smallest absolute Gasteiger partial charge is 0.231 e. The van der Waals surface area contributed by atoms with Crippen molar-refractivity contribution in [1.29, 1.82) is 0 Å². The lowest BCUT2D eigenvalue weighted by Gasteiger charge is -2.16. The number of anilines is 1. The zero-order chi connectivity index (χ0) is 14.1. The first-order chi connectivity index (χ1) is 9.65. The molecule has 20 heavy (non-hydrogen) atoms. The molecule has 0 fully saturated rings. The first kappa shape index (κ1) is 12.8. The summed E-state index contributed by atoms with van der Waals surface area (Å²) in [6.45, 7) is 0.283. The van der Waals surface area contributed by atoms with Crippen LogP contribution in [0.15, 0.2) is 42.5 Å². The van der Waals surface area contributed by atoms with Crippen molar-refractivity contribution >= 4 is 5.69 Å². The molecular formula is C16H18N2O2. The van der Waals surface area contributed by atoms with Gasteiger partial charge in [-0.25, -0.2) is 0 Å². The second-order valence-corrected chi connectivity index (χ2v) is 5.08. The van der Waals surface area contributed by atoms with Crippen LogP contribution in [0, 0.1) is 0 Å². The van der Waals surface area contributed by atoms with E-state index in [0.29, 0.717) is 0 Å². The highest BCUT2D eigenvalue weighted by Crippen LogP contribution is 2.35. The lowest BCUT2D eigenvalue weighted by Crippen LogP contribution is -2.13. The molecule has 0 amide bonds. The third-order valence-electron chi connectivity index (χ3n) is 3.52. The van der Waals surface area contributed by atoms with Crippen LogP contribution in [0.2, 0.25) is 0 Å². The van der Waals surface area contributed by atoms with Crippen LogP contribution in [0.5, 0.6) is 11.5 Å². The third-order valence-corrected chi connectivity index (χ3v) is 3.52. The second kappa shape index (κ2) is 5.06. The molecule has 0 saturated heterocycles. The van der Waals surface area contributed by atoms with Gasteiger partial charge in [-0.2, -0.15) is 0 Å². The van der Waals surface area contributed by atoms with Gasteiger partial charge < -0.3 is 20.1 Å². The Balaban J connectivity index is 1.86. The maximum atomic E-state index is 6.33. The Kier molecular flexibility index (Phi) is 3.24. The Bertz CT molecular complexity index is 608. The number of nitrogens with zero attached hydrogens (tertiary/aromatic N) is 1. The van der Waals surface area contributed by atoms with E-state index in [0.717, 1.165) is 28.3 Å². The van der Waals surface area contributed by atoms with Crippen molar-refractivity contribution < 1.29 is 9.47 Å². The fraction of sp³-hybridized carbons (Fsp3) is 0.250. The van der Waals surface area contributed by atoms with E-state index in [2.05, 4.69) is 29.2 Å². The molecular weight excluding hydrogens is 252 g/mol.